The lowest BCUT2D eigenvalue weighted by atomic mass is 10.00. The van der Waals surface area contributed by atoms with E-state index in [2.05, 4.69) is 9.97 Å². The summed E-state index contributed by atoms with van der Waals surface area (Å²) in [5.41, 5.74) is 1.69. The number of rotatable bonds is 7. The zero-order valence-electron chi connectivity index (χ0n) is 16.6. The second-order valence-corrected chi connectivity index (χ2v) is 7.46. The van der Waals surface area contributed by atoms with Gasteiger partial charge in [-0.3, -0.25) is 4.90 Å². The molecule has 0 aliphatic carbocycles. The summed E-state index contributed by atoms with van der Waals surface area (Å²) in [6.07, 6.45) is 2.33. The van der Waals surface area contributed by atoms with Crippen LogP contribution in [-0.4, -0.2) is 65.4 Å². The third kappa shape index (κ3) is 4.66. The van der Waals surface area contributed by atoms with Crippen LogP contribution in [0.1, 0.15) is 6.42 Å². The fraction of sp³-hybridized carbons (Fsp3) is 0.364. The smallest absolute Gasteiger partial charge is 0.316 e. The Labute approximate surface area is 173 Å². The SMILES string of the molecule is COc1ncc(-c2cc(OCC(O)CN3CCC(F)(F)C3)cc3ccccc23)cn1. The number of fused-ring (bicyclic) bond motifs is 1. The lowest BCUT2D eigenvalue weighted by molar-refractivity contribution is 0.00461. The number of aromatic nitrogens is 2. The van der Waals surface area contributed by atoms with Gasteiger partial charge in [-0.1, -0.05) is 24.3 Å². The number of β-amino-alcohol motifs (C(OH)–C–C–N with tert-alkyl or cyclic N) is 1. The maximum Gasteiger partial charge on any atom is 0.316 e. The van der Waals surface area contributed by atoms with E-state index < -0.39 is 12.0 Å². The lowest BCUT2D eigenvalue weighted by Crippen LogP contribution is -2.35. The number of aliphatic hydroxyl groups excluding tert-OH is 1. The highest BCUT2D eigenvalue weighted by Crippen LogP contribution is 2.33. The van der Waals surface area contributed by atoms with Crippen molar-refractivity contribution in [2.24, 2.45) is 0 Å². The molecule has 1 fully saturated rings. The lowest BCUT2D eigenvalue weighted by Gasteiger charge is -2.20. The minimum absolute atomic E-state index is 0.0129. The molecule has 1 unspecified atom stereocenters. The third-order valence-corrected chi connectivity index (χ3v) is 5.12. The number of hydrogen-bond donors (Lipinski definition) is 1. The highest BCUT2D eigenvalue weighted by Gasteiger charge is 2.38. The summed E-state index contributed by atoms with van der Waals surface area (Å²) < 4.78 is 37.5. The van der Waals surface area contributed by atoms with Gasteiger partial charge < -0.3 is 14.6 Å². The van der Waals surface area contributed by atoms with Gasteiger partial charge in [-0.2, -0.15) is 0 Å². The number of halogens is 2. The maximum absolute atomic E-state index is 13.3. The molecule has 1 N–H and O–H groups in total. The van der Waals surface area contributed by atoms with E-state index >= 15 is 0 Å². The molecule has 0 spiro atoms. The molecule has 1 aliphatic heterocycles. The first-order chi connectivity index (χ1) is 14.4. The number of aliphatic hydroxyl groups is 1. The zero-order chi connectivity index (χ0) is 21.1. The second kappa shape index (κ2) is 8.49. The van der Waals surface area contributed by atoms with Crippen LogP contribution in [0.3, 0.4) is 0 Å². The normalized spacial score (nSPS) is 17.2. The molecule has 1 saturated heterocycles. The molecule has 6 nitrogen and oxygen atoms in total. The number of hydrogen-bond acceptors (Lipinski definition) is 6. The minimum Gasteiger partial charge on any atom is -0.491 e. The maximum atomic E-state index is 13.3. The summed E-state index contributed by atoms with van der Waals surface area (Å²) in [5, 5.41) is 12.2. The average molecular weight is 415 g/mol. The van der Waals surface area contributed by atoms with Gasteiger partial charge in [0.2, 0.25) is 0 Å². The molecule has 1 aromatic heterocycles. The van der Waals surface area contributed by atoms with Gasteiger partial charge >= 0.3 is 6.01 Å². The Morgan fingerprint density at radius 3 is 2.67 bits per heavy atom. The van der Waals surface area contributed by atoms with Crippen LogP contribution in [0, 0.1) is 0 Å². The molecule has 4 rings (SSSR count). The van der Waals surface area contributed by atoms with Crippen LogP contribution in [0.25, 0.3) is 21.9 Å². The first kappa shape index (κ1) is 20.4. The van der Waals surface area contributed by atoms with Crippen molar-refractivity contribution in [3.8, 4) is 22.9 Å². The van der Waals surface area contributed by atoms with E-state index in [1.54, 1.807) is 17.3 Å². The topological polar surface area (TPSA) is 67.7 Å². The van der Waals surface area contributed by atoms with Crippen molar-refractivity contribution < 1.29 is 23.4 Å². The first-order valence-electron chi connectivity index (χ1n) is 9.74. The number of likely N-dealkylation sites (tertiary alicyclic amines) is 1. The van der Waals surface area contributed by atoms with E-state index in [0.717, 1.165) is 21.9 Å². The van der Waals surface area contributed by atoms with Crippen LogP contribution in [-0.2, 0) is 0 Å². The summed E-state index contributed by atoms with van der Waals surface area (Å²) in [7, 11) is 1.51. The van der Waals surface area contributed by atoms with Crippen molar-refractivity contribution in [1.29, 1.82) is 0 Å². The van der Waals surface area contributed by atoms with E-state index in [4.69, 9.17) is 9.47 Å². The number of benzene rings is 2. The molecule has 1 aliphatic rings. The van der Waals surface area contributed by atoms with Crippen molar-refractivity contribution in [3.63, 3.8) is 0 Å². The summed E-state index contributed by atoms with van der Waals surface area (Å²) in [6, 6.07) is 11.9. The Kier molecular flexibility index (Phi) is 5.78. The van der Waals surface area contributed by atoms with Crippen LogP contribution >= 0.6 is 0 Å². The molecule has 3 aromatic rings. The molecule has 30 heavy (non-hydrogen) atoms. The van der Waals surface area contributed by atoms with Gasteiger partial charge in [0.1, 0.15) is 18.5 Å². The summed E-state index contributed by atoms with van der Waals surface area (Å²) >= 11 is 0. The van der Waals surface area contributed by atoms with Gasteiger partial charge in [-0.05, 0) is 28.5 Å². The predicted octanol–water partition coefficient (Wildman–Crippen LogP) is 3.39. The fourth-order valence-corrected chi connectivity index (χ4v) is 3.67. The molecular formula is C22H23F2N3O3. The Morgan fingerprint density at radius 1 is 1.20 bits per heavy atom. The first-order valence-corrected chi connectivity index (χ1v) is 9.74. The highest BCUT2D eigenvalue weighted by atomic mass is 19.3. The van der Waals surface area contributed by atoms with Crippen molar-refractivity contribution in [2.75, 3.05) is 33.4 Å². The molecular weight excluding hydrogens is 392 g/mol. The van der Waals surface area contributed by atoms with Gasteiger partial charge in [-0.15, -0.1) is 0 Å². The molecule has 158 valence electrons. The van der Waals surface area contributed by atoms with Gasteiger partial charge in [0.15, 0.2) is 0 Å². The number of nitrogens with zero attached hydrogens (tertiary/aromatic N) is 3. The van der Waals surface area contributed by atoms with Crippen LogP contribution in [0.5, 0.6) is 11.8 Å². The highest BCUT2D eigenvalue weighted by molar-refractivity contribution is 5.97. The summed E-state index contributed by atoms with van der Waals surface area (Å²) in [5.74, 6) is -2.10. The minimum atomic E-state index is -2.67. The molecule has 0 bridgehead atoms. The Bertz CT molecular complexity index is 1010. The number of alkyl halides is 2. The van der Waals surface area contributed by atoms with E-state index in [1.165, 1.54) is 7.11 Å². The van der Waals surface area contributed by atoms with Crippen molar-refractivity contribution in [2.45, 2.75) is 18.4 Å². The van der Waals surface area contributed by atoms with Crippen LogP contribution in [0.4, 0.5) is 8.78 Å². The third-order valence-electron chi connectivity index (χ3n) is 5.12. The standard InChI is InChI=1S/C22H23F2N3O3/c1-29-21-25-10-16(11-26-21)20-9-18(8-15-4-2-3-5-19(15)20)30-13-17(28)12-27-7-6-22(23,24)14-27/h2-5,8-11,17,28H,6-7,12-14H2,1H3. The zero-order valence-corrected chi connectivity index (χ0v) is 16.6. The molecule has 0 saturated carbocycles. The second-order valence-electron chi connectivity index (χ2n) is 7.46. The molecule has 8 heteroatoms. The van der Waals surface area contributed by atoms with Gasteiger partial charge in [-0.25, -0.2) is 18.7 Å². The van der Waals surface area contributed by atoms with Crippen molar-refractivity contribution in [3.05, 3.63) is 48.8 Å². The fourth-order valence-electron chi connectivity index (χ4n) is 3.67. The van der Waals surface area contributed by atoms with E-state index in [-0.39, 0.29) is 38.7 Å². The number of methoxy groups -OCH3 is 1. The van der Waals surface area contributed by atoms with E-state index in [0.29, 0.717) is 5.75 Å². The molecule has 1 atom stereocenters. The molecule has 0 amide bonds. The largest absolute Gasteiger partial charge is 0.491 e. The van der Waals surface area contributed by atoms with Gasteiger partial charge in [0.05, 0.1) is 13.7 Å². The average Bonchev–Trinajstić information content (AvgIpc) is 3.09. The molecule has 2 heterocycles. The van der Waals surface area contributed by atoms with Crippen LogP contribution in [0.15, 0.2) is 48.8 Å². The Morgan fingerprint density at radius 2 is 1.97 bits per heavy atom. The quantitative estimate of drug-likeness (QED) is 0.638. The van der Waals surface area contributed by atoms with Gasteiger partial charge in [0.25, 0.3) is 5.92 Å². The number of ether oxygens (including phenoxy) is 2. The summed E-state index contributed by atoms with van der Waals surface area (Å²) in [6.45, 7) is 0.130. The predicted molar refractivity (Wildman–Crippen MR) is 109 cm³/mol. The van der Waals surface area contributed by atoms with Crippen LogP contribution < -0.4 is 9.47 Å². The van der Waals surface area contributed by atoms with Crippen molar-refractivity contribution in [1.82, 2.24) is 14.9 Å². The van der Waals surface area contributed by atoms with E-state index in [9.17, 15) is 13.9 Å². The van der Waals surface area contributed by atoms with Crippen molar-refractivity contribution >= 4 is 10.8 Å². The summed E-state index contributed by atoms with van der Waals surface area (Å²) in [4.78, 5) is 9.91. The Hall–Kier alpha value is -2.84. The molecule has 0 radical (unpaired) electrons. The Balaban J connectivity index is 1.51. The molecule has 2 aromatic carbocycles. The van der Waals surface area contributed by atoms with E-state index in [1.807, 2.05) is 36.4 Å². The van der Waals surface area contributed by atoms with Gasteiger partial charge in [0, 0.05) is 37.5 Å². The van der Waals surface area contributed by atoms with Crippen LogP contribution in [0.2, 0.25) is 0 Å². The monoisotopic (exact) mass is 415 g/mol.